The van der Waals surface area contributed by atoms with E-state index in [4.69, 9.17) is 11.6 Å². The van der Waals surface area contributed by atoms with Crippen LogP contribution in [0.3, 0.4) is 0 Å². The number of anilines is 2. The molecule has 0 spiro atoms. The monoisotopic (exact) mass is 211 g/mol. The second-order valence-corrected chi connectivity index (χ2v) is 3.63. The van der Waals surface area contributed by atoms with Crippen molar-refractivity contribution in [2.24, 2.45) is 0 Å². The van der Waals surface area contributed by atoms with Gasteiger partial charge in [0, 0.05) is 13.2 Å². The predicted octanol–water partition coefficient (Wildman–Crippen LogP) is 1.51. The third-order valence-corrected chi connectivity index (χ3v) is 2.73. The van der Waals surface area contributed by atoms with Gasteiger partial charge in [-0.2, -0.15) is 0 Å². The molecule has 0 aromatic carbocycles. The molecule has 5 heteroatoms. The van der Waals surface area contributed by atoms with Gasteiger partial charge in [0.2, 0.25) is 5.91 Å². The summed E-state index contributed by atoms with van der Waals surface area (Å²) in [5, 5.41) is 3.19. The van der Waals surface area contributed by atoms with Gasteiger partial charge in [-0.1, -0.05) is 11.6 Å². The van der Waals surface area contributed by atoms with Gasteiger partial charge in [-0.3, -0.25) is 4.79 Å². The highest BCUT2D eigenvalue weighted by atomic mass is 35.5. The number of nitrogens with zero attached hydrogens (tertiary/aromatic N) is 2. The second-order valence-electron chi connectivity index (χ2n) is 3.27. The molecule has 74 valence electrons. The van der Waals surface area contributed by atoms with Gasteiger partial charge >= 0.3 is 0 Å². The minimum Gasteiger partial charge on any atom is -0.359 e. The Balaban J connectivity index is 2.56. The zero-order valence-electron chi connectivity index (χ0n) is 7.91. The normalized spacial score (nSPS) is 20.4. The quantitative estimate of drug-likeness (QED) is 0.662. The van der Waals surface area contributed by atoms with Crippen LogP contribution in [0.4, 0.5) is 11.4 Å². The lowest BCUT2D eigenvalue weighted by molar-refractivity contribution is -0.117. The molecule has 0 bridgehead atoms. The van der Waals surface area contributed by atoms with E-state index in [2.05, 4.69) is 10.3 Å². The molecule has 1 amide bonds. The molecule has 2 heterocycles. The van der Waals surface area contributed by atoms with Gasteiger partial charge in [-0.15, -0.1) is 0 Å². The van der Waals surface area contributed by atoms with Gasteiger partial charge in [-0.25, -0.2) is 4.98 Å². The standard InChI is InChI=1S/C9H10ClN3O/c1-5-9(14)12-6-3-4-11-8(10)7(6)13(5)2/h3-5H,1-2H3,(H,12,14). The van der Waals surface area contributed by atoms with Gasteiger partial charge in [0.15, 0.2) is 5.15 Å². The van der Waals surface area contributed by atoms with E-state index in [1.54, 1.807) is 12.3 Å². The molecule has 1 aromatic heterocycles. The number of carbonyl (C=O) groups is 1. The molecule has 1 aliphatic heterocycles. The van der Waals surface area contributed by atoms with E-state index >= 15 is 0 Å². The molecular formula is C9H10ClN3O. The van der Waals surface area contributed by atoms with Crippen molar-refractivity contribution in [3.63, 3.8) is 0 Å². The highest BCUT2D eigenvalue weighted by molar-refractivity contribution is 6.33. The fraction of sp³-hybridized carbons (Fsp3) is 0.333. The van der Waals surface area contributed by atoms with Crippen LogP contribution in [0.1, 0.15) is 6.92 Å². The van der Waals surface area contributed by atoms with Gasteiger partial charge < -0.3 is 10.2 Å². The lowest BCUT2D eigenvalue weighted by Gasteiger charge is -2.33. The first kappa shape index (κ1) is 9.27. The van der Waals surface area contributed by atoms with Crippen LogP contribution in [0.25, 0.3) is 0 Å². The zero-order valence-corrected chi connectivity index (χ0v) is 8.67. The summed E-state index contributed by atoms with van der Waals surface area (Å²) in [4.78, 5) is 17.3. The van der Waals surface area contributed by atoms with Crippen molar-refractivity contribution in [1.82, 2.24) is 4.98 Å². The summed E-state index contributed by atoms with van der Waals surface area (Å²) in [6.45, 7) is 1.82. The topological polar surface area (TPSA) is 45.2 Å². The van der Waals surface area contributed by atoms with E-state index in [1.165, 1.54) is 0 Å². The number of nitrogens with one attached hydrogen (secondary N) is 1. The maximum absolute atomic E-state index is 11.5. The summed E-state index contributed by atoms with van der Waals surface area (Å²) in [5.41, 5.74) is 1.50. The molecule has 1 N–H and O–H groups in total. The Morgan fingerprint density at radius 3 is 3.07 bits per heavy atom. The number of hydrogen-bond donors (Lipinski definition) is 1. The lowest BCUT2D eigenvalue weighted by Crippen LogP contribution is -2.44. The number of fused-ring (bicyclic) bond motifs is 1. The summed E-state index contributed by atoms with van der Waals surface area (Å²) >= 11 is 5.95. The number of rotatable bonds is 0. The Hall–Kier alpha value is -1.29. The molecule has 0 saturated carbocycles. The van der Waals surface area contributed by atoms with Crippen molar-refractivity contribution >= 4 is 28.9 Å². The maximum atomic E-state index is 11.5. The highest BCUT2D eigenvalue weighted by Crippen LogP contribution is 2.35. The molecule has 0 aliphatic carbocycles. The summed E-state index contributed by atoms with van der Waals surface area (Å²) in [6, 6.07) is 1.52. The highest BCUT2D eigenvalue weighted by Gasteiger charge is 2.28. The largest absolute Gasteiger partial charge is 0.359 e. The summed E-state index contributed by atoms with van der Waals surface area (Å²) < 4.78 is 0. The number of pyridine rings is 1. The van der Waals surface area contributed by atoms with E-state index < -0.39 is 0 Å². The van der Waals surface area contributed by atoms with E-state index in [9.17, 15) is 4.79 Å². The maximum Gasteiger partial charge on any atom is 0.246 e. The average molecular weight is 212 g/mol. The SMILES string of the molecule is CC1C(=O)Nc2ccnc(Cl)c2N1C. The van der Waals surface area contributed by atoms with Crippen LogP contribution >= 0.6 is 11.6 Å². The summed E-state index contributed by atoms with van der Waals surface area (Å²) in [7, 11) is 1.83. The molecule has 4 nitrogen and oxygen atoms in total. The van der Waals surface area contributed by atoms with Crippen molar-refractivity contribution < 1.29 is 4.79 Å². The van der Waals surface area contributed by atoms with E-state index in [0.29, 0.717) is 5.15 Å². The van der Waals surface area contributed by atoms with Crippen molar-refractivity contribution in [2.45, 2.75) is 13.0 Å². The lowest BCUT2D eigenvalue weighted by atomic mass is 10.1. The van der Waals surface area contributed by atoms with Crippen LogP contribution in [-0.2, 0) is 4.79 Å². The number of carbonyl (C=O) groups excluding carboxylic acids is 1. The van der Waals surface area contributed by atoms with Crippen molar-refractivity contribution in [3.8, 4) is 0 Å². The number of halogens is 1. The molecule has 2 rings (SSSR count). The van der Waals surface area contributed by atoms with Gasteiger partial charge in [0.1, 0.15) is 6.04 Å². The fourth-order valence-corrected chi connectivity index (χ4v) is 1.76. The predicted molar refractivity (Wildman–Crippen MR) is 55.7 cm³/mol. The van der Waals surface area contributed by atoms with Crippen LogP contribution in [-0.4, -0.2) is 24.0 Å². The average Bonchev–Trinajstić information content (AvgIpc) is 2.14. The summed E-state index contributed by atoms with van der Waals surface area (Å²) in [6.07, 6.45) is 1.57. The van der Waals surface area contributed by atoms with Gasteiger partial charge in [0.05, 0.1) is 11.4 Å². The van der Waals surface area contributed by atoms with Crippen LogP contribution in [0.15, 0.2) is 12.3 Å². The van der Waals surface area contributed by atoms with Crippen LogP contribution < -0.4 is 10.2 Å². The fourth-order valence-electron chi connectivity index (χ4n) is 1.47. The zero-order chi connectivity index (χ0) is 10.3. The molecule has 0 fully saturated rings. The van der Waals surface area contributed by atoms with Crippen LogP contribution in [0.2, 0.25) is 5.15 Å². The Morgan fingerprint density at radius 1 is 1.64 bits per heavy atom. The minimum absolute atomic E-state index is 0.0257. The number of likely N-dealkylation sites (N-methyl/N-ethyl adjacent to an activating group) is 1. The van der Waals surface area contributed by atoms with Crippen LogP contribution in [0.5, 0.6) is 0 Å². The molecule has 1 atom stereocenters. The molecule has 0 radical (unpaired) electrons. The number of amides is 1. The number of hydrogen-bond acceptors (Lipinski definition) is 3. The first-order valence-corrected chi connectivity index (χ1v) is 4.67. The first-order valence-electron chi connectivity index (χ1n) is 4.29. The van der Waals surface area contributed by atoms with E-state index in [1.807, 2.05) is 18.9 Å². The van der Waals surface area contributed by atoms with E-state index in [0.717, 1.165) is 11.4 Å². The molecule has 1 aromatic rings. The minimum atomic E-state index is -0.218. The van der Waals surface area contributed by atoms with Crippen molar-refractivity contribution in [1.29, 1.82) is 0 Å². The molecule has 1 aliphatic rings. The molecular weight excluding hydrogens is 202 g/mol. The van der Waals surface area contributed by atoms with Gasteiger partial charge in [0.25, 0.3) is 0 Å². The van der Waals surface area contributed by atoms with Crippen molar-refractivity contribution in [3.05, 3.63) is 17.4 Å². The Labute approximate surface area is 86.9 Å². The molecule has 14 heavy (non-hydrogen) atoms. The number of aromatic nitrogens is 1. The molecule has 0 saturated heterocycles. The van der Waals surface area contributed by atoms with E-state index in [-0.39, 0.29) is 11.9 Å². The Morgan fingerprint density at radius 2 is 2.36 bits per heavy atom. The third kappa shape index (κ3) is 1.23. The van der Waals surface area contributed by atoms with Crippen molar-refractivity contribution in [2.75, 3.05) is 17.3 Å². The van der Waals surface area contributed by atoms with Crippen LogP contribution in [0, 0.1) is 0 Å². The third-order valence-electron chi connectivity index (χ3n) is 2.45. The molecule has 1 unspecified atom stereocenters. The first-order chi connectivity index (χ1) is 6.61. The Kier molecular flexibility index (Phi) is 2.07. The Bertz CT molecular complexity index is 394. The van der Waals surface area contributed by atoms with Gasteiger partial charge in [-0.05, 0) is 13.0 Å². The smallest absolute Gasteiger partial charge is 0.246 e. The summed E-state index contributed by atoms with van der Waals surface area (Å²) in [5.74, 6) is -0.0257. The second kappa shape index (κ2) is 3.13.